The van der Waals surface area contributed by atoms with E-state index in [0.29, 0.717) is 25.7 Å². The van der Waals surface area contributed by atoms with E-state index >= 15 is 0 Å². The number of carboxylic acids is 4. The molecular formula is C18H30O8. The van der Waals surface area contributed by atoms with Gasteiger partial charge < -0.3 is 20.4 Å². The number of rotatable bonds is 15. The van der Waals surface area contributed by atoms with Gasteiger partial charge in [-0.1, -0.05) is 31.8 Å². The number of carboxylic acid groups (broad SMARTS) is 4. The van der Waals surface area contributed by atoms with Crippen LogP contribution in [0, 0.1) is 0 Å². The van der Waals surface area contributed by atoms with Crippen molar-refractivity contribution in [2.24, 2.45) is 0 Å². The fourth-order valence-corrected chi connectivity index (χ4v) is 1.98. The van der Waals surface area contributed by atoms with E-state index < -0.39 is 23.9 Å². The molecule has 0 unspecified atom stereocenters. The predicted molar refractivity (Wildman–Crippen MR) is 95.1 cm³/mol. The Bertz CT molecular complexity index is 424. The normalized spacial score (nSPS) is 10.2. The van der Waals surface area contributed by atoms with Gasteiger partial charge in [-0.15, -0.1) is 0 Å². The monoisotopic (exact) mass is 374 g/mol. The molecule has 0 saturated heterocycles. The first-order valence-corrected chi connectivity index (χ1v) is 8.80. The van der Waals surface area contributed by atoms with Crippen LogP contribution in [0.3, 0.4) is 0 Å². The third-order valence-corrected chi connectivity index (χ3v) is 3.30. The van der Waals surface area contributed by atoms with Gasteiger partial charge in [-0.25, -0.2) is 4.79 Å². The summed E-state index contributed by atoms with van der Waals surface area (Å²) in [5.74, 6) is -3.23. The Kier molecular flexibility index (Phi) is 18.8. The van der Waals surface area contributed by atoms with Crippen LogP contribution >= 0.6 is 0 Å². The molecule has 0 aliphatic heterocycles. The quantitative estimate of drug-likeness (QED) is 0.251. The van der Waals surface area contributed by atoms with Crippen LogP contribution in [0.5, 0.6) is 0 Å². The lowest BCUT2D eigenvalue weighted by Gasteiger charge is -1.97. The standard InChI is InChI=1S/C9H16O4.C9H14O4/c2*10-8(11)6-4-2-1-3-5-7-9(12)13/h1-7H2,(H,10,11)(H,12,13);4,6H,1-3,5,7H2,(H,10,11)(H,12,13). The highest BCUT2D eigenvalue weighted by atomic mass is 16.4. The SMILES string of the molecule is O=C(O)C=CCCCCCC(=O)O.O=C(O)CCCCCCCC(=O)O. The molecule has 0 aliphatic carbocycles. The first kappa shape index (κ1) is 25.9. The van der Waals surface area contributed by atoms with Crippen molar-refractivity contribution in [2.75, 3.05) is 0 Å². The second-order valence-electron chi connectivity index (χ2n) is 5.79. The maximum absolute atomic E-state index is 10.1. The largest absolute Gasteiger partial charge is 0.481 e. The Morgan fingerprint density at radius 3 is 1.23 bits per heavy atom. The molecule has 0 aliphatic rings. The van der Waals surface area contributed by atoms with E-state index in [4.69, 9.17) is 20.4 Å². The Hall–Kier alpha value is -2.38. The molecule has 0 atom stereocenters. The second kappa shape index (κ2) is 19.0. The van der Waals surface area contributed by atoms with Crippen molar-refractivity contribution in [1.29, 1.82) is 0 Å². The molecule has 0 radical (unpaired) electrons. The van der Waals surface area contributed by atoms with Gasteiger partial charge in [0.2, 0.25) is 0 Å². The summed E-state index contributed by atoms with van der Waals surface area (Å²) in [5, 5.41) is 33.1. The van der Waals surface area contributed by atoms with Crippen LogP contribution in [-0.2, 0) is 19.2 Å². The zero-order chi connectivity index (χ0) is 20.2. The van der Waals surface area contributed by atoms with E-state index in [0.717, 1.165) is 38.2 Å². The Labute approximate surface area is 153 Å². The Morgan fingerprint density at radius 2 is 0.885 bits per heavy atom. The van der Waals surface area contributed by atoms with Crippen LogP contribution in [0.4, 0.5) is 0 Å². The molecule has 8 heteroatoms. The van der Waals surface area contributed by atoms with Gasteiger partial charge in [0.15, 0.2) is 0 Å². The second-order valence-corrected chi connectivity index (χ2v) is 5.79. The zero-order valence-electron chi connectivity index (χ0n) is 15.1. The number of unbranched alkanes of at least 4 members (excludes halogenated alkanes) is 7. The van der Waals surface area contributed by atoms with Crippen LogP contribution in [0.15, 0.2) is 12.2 Å². The lowest BCUT2D eigenvalue weighted by molar-refractivity contribution is -0.138. The maximum Gasteiger partial charge on any atom is 0.327 e. The van der Waals surface area contributed by atoms with Gasteiger partial charge in [-0.2, -0.15) is 0 Å². The van der Waals surface area contributed by atoms with Crippen molar-refractivity contribution < 1.29 is 39.6 Å². The summed E-state index contributed by atoms with van der Waals surface area (Å²) in [6, 6.07) is 0. The van der Waals surface area contributed by atoms with Crippen LogP contribution in [0.2, 0.25) is 0 Å². The fraction of sp³-hybridized carbons (Fsp3) is 0.667. The van der Waals surface area contributed by atoms with E-state index in [9.17, 15) is 19.2 Å². The minimum Gasteiger partial charge on any atom is -0.481 e. The summed E-state index contributed by atoms with van der Waals surface area (Å²) in [6.45, 7) is 0. The molecule has 0 saturated carbocycles. The number of aliphatic carboxylic acids is 4. The smallest absolute Gasteiger partial charge is 0.327 e. The molecule has 0 aromatic rings. The van der Waals surface area contributed by atoms with Crippen LogP contribution < -0.4 is 0 Å². The minimum atomic E-state index is -0.939. The summed E-state index contributed by atoms with van der Waals surface area (Å²) in [4.78, 5) is 40.3. The fourth-order valence-electron chi connectivity index (χ4n) is 1.98. The van der Waals surface area contributed by atoms with E-state index in [-0.39, 0.29) is 19.3 Å². The summed E-state index contributed by atoms with van der Waals surface area (Å²) < 4.78 is 0. The first-order valence-electron chi connectivity index (χ1n) is 8.80. The molecule has 4 N–H and O–H groups in total. The topological polar surface area (TPSA) is 149 Å². The van der Waals surface area contributed by atoms with Gasteiger partial charge in [0.25, 0.3) is 0 Å². The van der Waals surface area contributed by atoms with Crippen molar-refractivity contribution in [3.63, 3.8) is 0 Å². The molecular weight excluding hydrogens is 344 g/mol. The first-order chi connectivity index (χ1) is 12.3. The van der Waals surface area contributed by atoms with Gasteiger partial charge >= 0.3 is 23.9 Å². The van der Waals surface area contributed by atoms with E-state index in [1.807, 2.05) is 0 Å². The zero-order valence-corrected chi connectivity index (χ0v) is 15.1. The number of carbonyl (C=O) groups is 4. The molecule has 26 heavy (non-hydrogen) atoms. The highest BCUT2D eigenvalue weighted by Crippen LogP contribution is 2.07. The van der Waals surface area contributed by atoms with E-state index in [2.05, 4.69) is 0 Å². The van der Waals surface area contributed by atoms with Gasteiger partial charge in [0, 0.05) is 25.3 Å². The van der Waals surface area contributed by atoms with Crippen LogP contribution in [-0.4, -0.2) is 44.3 Å². The highest BCUT2D eigenvalue weighted by molar-refractivity contribution is 5.79. The summed E-state index contributed by atoms with van der Waals surface area (Å²) >= 11 is 0. The van der Waals surface area contributed by atoms with Gasteiger partial charge in [0.05, 0.1) is 0 Å². The van der Waals surface area contributed by atoms with Crippen molar-refractivity contribution in [2.45, 2.75) is 77.0 Å². The number of hydrogen-bond donors (Lipinski definition) is 4. The maximum atomic E-state index is 10.1. The Balaban J connectivity index is 0. The van der Waals surface area contributed by atoms with Crippen LogP contribution in [0.25, 0.3) is 0 Å². The number of allylic oxidation sites excluding steroid dienone is 1. The average molecular weight is 374 g/mol. The molecule has 0 heterocycles. The average Bonchev–Trinajstić information content (AvgIpc) is 2.52. The number of hydrogen-bond acceptors (Lipinski definition) is 4. The highest BCUT2D eigenvalue weighted by Gasteiger charge is 1.98. The lowest BCUT2D eigenvalue weighted by atomic mass is 10.1. The molecule has 0 fully saturated rings. The van der Waals surface area contributed by atoms with Crippen molar-refractivity contribution in [3.05, 3.63) is 12.2 Å². The van der Waals surface area contributed by atoms with Crippen molar-refractivity contribution in [1.82, 2.24) is 0 Å². The predicted octanol–water partition coefficient (Wildman–Crippen LogP) is 3.55. The third-order valence-electron chi connectivity index (χ3n) is 3.30. The summed E-state index contributed by atoms with van der Waals surface area (Å²) in [6.07, 6.45) is 10.5. The molecule has 0 aromatic heterocycles. The van der Waals surface area contributed by atoms with Crippen molar-refractivity contribution >= 4 is 23.9 Å². The molecule has 0 spiro atoms. The van der Waals surface area contributed by atoms with Crippen LogP contribution in [0.1, 0.15) is 77.0 Å². The molecule has 0 aromatic carbocycles. The van der Waals surface area contributed by atoms with Gasteiger partial charge in [-0.05, 0) is 32.1 Å². The summed E-state index contributed by atoms with van der Waals surface area (Å²) in [5.41, 5.74) is 0. The van der Waals surface area contributed by atoms with Crippen molar-refractivity contribution in [3.8, 4) is 0 Å². The van der Waals surface area contributed by atoms with Gasteiger partial charge in [0.1, 0.15) is 0 Å². The Morgan fingerprint density at radius 1 is 0.538 bits per heavy atom. The van der Waals surface area contributed by atoms with Gasteiger partial charge in [-0.3, -0.25) is 14.4 Å². The lowest BCUT2D eigenvalue weighted by Crippen LogP contribution is -1.95. The third kappa shape index (κ3) is 29.6. The van der Waals surface area contributed by atoms with E-state index in [1.165, 1.54) is 0 Å². The molecule has 0 rings (SSSR count). The molecule has 150 valence electrons. The molecule has 0 bridgehead atoms. The molecule has 8 nitrogen and oxygen atoms in total. The van der Waals surface area contributed by atoms with E-state index in [1.54, 1.807) is 6.08 Å². The summed E-state index contributed by atoms with van der Waals surface area (Å²) in [7, 11) is 0. The minimum absolute atomic E-state index is 0.197. The molecule has 0 amide bonds.